The van der Waals surface area contributed by atoms with Gasteiger partial charge in [0.05, 0.1) is 11.5 Å². The summed E-state index contributed by atoms with van der Waals surface area (Å²) in [6.45, 7) is 14.0. The van der Waals surface area contributed by atoms with E-state index in [2.05, 4.69) is 25.7 Å². The average Bonchev–Trinajstić information content (AvgIpc) is 2.57. The quantitative estimate of drug-likeness (QED) is 0.554. The highest BCUT2D eigenvalue weighted by Crippen LogP contribution is 2.28. The van der Waals surface area contributed by atoms with Crippen LogP contribution in [0.25, 0.3) is 0 Å². The van der Waals surface area contributed by atoms with E-state index in [0.717, 1.165) is 25.9 Å². The molecule has 0 saturated carbocycles. The van der Waals surface area contributed by atoms with E-state index < -0.39 is 16.6 Å². The van der Waals surface area contributed by atoms with Crippen LogP contribution < -0.4 is 0 Å². The summed E-state index contributed by atoms with van der Waals surface area (Å²) in [4.78, 5) is 28.0. The lowest BCUT2D eigenvalue weighted by Gasteiger charge is -2.43. The summed E-state index contributed by atoms with van der Waals surface area (Å²) in [6.07, 6.45) is 1.22. The van der Waals surface area contributed by atoms with Crippen LogP contribution in [0.1, 0.15) is 59.9 Å². The normalized spacial score (nSPS) is 16.6. The SMILES string of the molecule is CC(C)(C)OC(=O)N(Cc1ccccc1[N+](=O)[O-])C1CCN(C(C)(C)C)CC1. The minimum atomic E-state index is -0.621. The Bertz CT molecular complexity index is 698. The molecule has 0 spiro atoms. The maximum Gasteiger partial charge on any atom is 0.410 e. The molecule has 0 aliphatic carbocycles. The van der Waals surface area contributed by atoms with Crippen molar-refractivity contribution in [2.45, 2.75) is 78.1 Å². The molecule has 0 aromatic heterocycles. The number of nitrogens with zero attached hydrogens (tertiary/aromatic N) is 3. The fourth-order valence-corrected chi connectivity index (χ4v) is 3.52. The first-order chi connectivity index (χ1) is 12.9. The molecule has 1 fully saturated rings. The van der Waals surface area contributed by atoms with Gasteiger partial charge in [0.15, 0.2) is 0 Å². The van der Waals surface area contributed by atoms with Crippen molar-refractivity contribution in [1.29, 1.82) is 0 Å². The highest BCUT2D eigenvalue weighted by Gasteiger charge is 2.34. The van der Waals surface area contributed by atoms with Crippen LogP contribution in [-0.4, -0.2) is 51.1 Å². The van der Waals surface area contributed by atoms with E-state index in [9.17, 15) is 14.9 Å². The molecular formula is C21H33N3O4. The highest BCUT2D eigenvalue weighted by molar-refractivity contribution is 5.69. The fraction of sp³-hybridized carbons (Fsp3) is 0.667. The molecule has 1 aliphatic rings. The lowest BCUT2D eigenvalue weighted by molar-refractivity contribution is -0.385. The molecule has 1 aliphatic heterocycles. The third-order valence-electron chi connectivity index (χ3n) is 5.01. The summed E-state index contributed by atoms with van der Waals surface area (Å²) in [5, 5.41) is 11.4. The van der Waals surface area contributed by atoms with Crippen LogP contribution in [0, 0.1) is 10.1 Å². The largest absolute Gasteiger partial charge is 0.444 e. The van der Waals surface area contributed by atoms with Crippen molar-refractivity contribution in [1.82, 2.24) is 9.80 Å². The first-order valence-electron chi connectivity index (χ1n) is 9.85. The molecule has 1 heterocycles. The second-order valence-corrected chi connectivity index (χ2v) is 9.38. The van der Waals surface area contributed by atoms with Gasteiger partial charge in [-0.3, -0.25) is 15.0 Å². The summed E-state index contributed by atoms with van der Waals surface area (Å²) in [5.74, 6) is 0. The van der Waals surface area contributed by atoms with E-state index in [1.807, 2.05) is 20.8 Å². The number of para-hydroxylation sites is 1. The maximum atomic E-state index is 12.9. The molecule has 7 heteroatoms. The molecule has 1 saturated heterocycles. The zero-order chi connectivity index (χ0) is 21.1. The third-order valence-corrected chi connectivity index (χ3v) is 5.01. The molecule has 7 nitrogen and oxygen atoms in total. The summed E-state index contributed by atoms with van der Waals surface area (Å²) >= 11 is 0. The van der Waals surface area contributed by atoms with Crippen LogP contribution in [0.2, 0.25) is 0 Å². The highest BCUT2D eigenvalue weighted by atomic mass is 16.6. The van der Waals surface area contributed by atoms with Gasteiger partial charge in [-0.1, -0.05) is 18.2 Å². The van der Waals surface area contributed by atoms with Gasteiger partial charge in [0.25, 0.3) is 5.69 Å². The Kier molecular flexibility index (Phi) is 6.70. The molecular weight excluding hydrogens is 358 g/mol. The second-order valence-electron chi connectivity index (χ2n) is 9.38. The third kappa shape index (κ3) is 5.92. The van der Waals surface area contributed by atoms with Crippen molar-refractivity contribution in [3.05, 3.63) is 39.9 Å². The van der Waals surface area contributed by atoms with Crippen LogP contribution in [0.3, 0.4) is 0 Å². The van der Waals surface area contributed by atoms with E-state index in [-0.39, 0.29) is 23.8 Å². The van der Waals surface area contributed by atoms with Gasteiger partial charge in [-0.05, 0) is 54.4 Å². The van der Waals surface area contributed by atoms with Gasteiger partial charge in [0.1, 0.15) is 5.60 Å². The van der Waals surface area contributed by atoms with Gasteiger partial charge in [-0.15, -0.1) is 0 Å². The number of hydrogen-bond donors (Lipinski definition) is 0. The number of benzene rings is 1. The number of piperidine rings is 1. The van der Waals surface area contributed by atoms with Gasteiger partial charge in [0, 0.05) is 36.3 Å². The van der Waals surface area contributed by atoms with Gasteiger partial charge < -0.3 is 9.64 Å². The molecule has 156 valence electrons. The predicted octanol–water partition coefficient (Wildman–Crippen LogP) is 4.59. The summed E-state index contributed by atoms with van der Waals surface area (Å²) in [6, 6.07) is 6.58. The molecule has 28 heavy (non-hydrogen) atoms. The average molecular weight is 392 g/mol. The van der Waals surface area contributed by atoms with Crippen LogP contribution in [-0.2, 0) is 11.3 Å². The zero-order valence-electron chi connectivity index (χ0n) is 17.9. The second kappa shape index (κ2) is 8.47. The molecule has 1 aromatic rings. The number of carbonyl (C=O) groups excluding carboxylic acids is 1. The molecule has 0 N–H and O–H groups in total. The molecule has 1 aromatic carbocycles. The van der Waals surface area contributed by atoms with Crippen molar-refractivity contribution >= 4 is 11.8 Å². The minimum Gasteiger partial charge on any atom is -0.444 e. The number of nitro groups is 1. The number of rotatable bonds is 4. The molecule has 0 atom stereocenters. The lowest BCUT2D eigenvalue weighted by atomic mass is 9.97. The Hall–Kier alpha value is -2.15. The summed E-state index contributed by atoms with van der Waals surface area (Å²) < 4.78 is 5.62. The summed E-state index contributed by atoms with van der Waals surface area (Å²) in [5.41, 5.74) is 0.0177. The van der Waals surface area contributed by atoms with Gasteiger partial charge in [0.2, 0.25) is 0 Å². The monoisotopic (exact) mass is 391 g/mol. The molecule has 0 bridgehead atoms. The van der Waals surface area contributed by atoms with E-state index in [1.54, 1.807) is 23.1 Å². The Morgan fingerprint density at radius 3 is 2.25 bits per heavy atom. The Balaban J connectivity index is 2.24. The van der Waals surface area contributed by atoms with Crippen molar-refractivity contribution in [3.63, 3.8) is 0 Å². The number of hydrogen-bond acceptors (Lipinski definition) is 5. The smallest absolute Gasteiger partial charge is 0.410 e. The van der Waals surface area contributed by atoms with Crippen molar-refractivity contribution < 1.29 is 14.5 Å². The molecule has 1 amide bonds. The van der Waals surface area contributed by atoms with E-state index >= 15 is 0 Å². The standard InChI is InChI=1S/C21H33N3O4/c1-20(2,3)22-13-11-17(12-14-22)23(19(25)28-21(4,5)6)15-16-9-7-8-10-18(16)24(26)27/h7-10,17H,11-15H2,1-6H3. The minimum absolute atomic E-state index is 0.00624. The number of nitro benzene ring substituents is 1. The topological polar surface area (TPSA) is 75.9 Å². The molecule has 0 unspecified atom stereocenters. The zero-order valence-corrected chi connectivity index (χ0v) is 17.9. The van der Waals surface area contributed by atoms with Crippen molar-refractivity contribution in [3.8, 4) is 0 Å². The molecule has 0 radical (unpaired) electrons. The summed E-state index contributed by atoms with van der Waals surface area (Å²) in [7, 11) is 0. The fourth-order valence-electron chi connectivity index (χ4n) is 3.52. The number of carbonyl (C=O) groups is 1. The van der Waals surface area contributed by atoms with E-state index in [0.29, 0.717) is 5.56 Å². The van der Waals surface area contributed by atoms with E-state index in [4.69, 9.17) is 4.74 Å². The van der Waals surface area contributed by atoms with Crippen molar-refractivity contribution in [2.24, 2.45) is 0 Å². The first-order valence-corrected chi connectivity index (χ1v) is 9.85. The maximum absolute atomic E-state index is 12.9. The Morgan fingerprint density at radius 2 is 1.75 bits per heavy atom. The van der Waals surface area contributed by atoms with Gasteiger partial charge >= 0.3 is 6.09 Å². The first kappa shape index (κ1) is 22.1. The van der Waals surface area contributed by atoms with Crippen LogP contribution in [0.5, 0.6) is 0 Å². The number of ether oxygens (including phenoxy) is 1. The van der Waals surface area contributed by atoms with E-state index in [1.165, 1.54) is 6.07 Å². The van der Waals surface area contributed by atoms with Crippen LogP contribution in [0.15, 0.2) is 24.3 Å². The Morgan fingerprint density at radius 1 is 1.18 bits per heavy atom. The van der Waals surface area contributed by atoms with Gasteiger partial charge in [-0.2, -0.15) is 0 Å². The number of likely N-dealkylation sites (tertiary alicyclic amines) is 1. The van der Waals surface area contributed by atoms with Gasteiger partial charge in [-0.25, -0.2) is 4.79 Å². The molecule has 2 rings (SSSR count). The predicted molar refractivity (Wildman–Crippen MR) is 109 cm³/mol. The van der Waals surface area contributed by atoms with Crippen molar-refractivity contribution in [2.75, 3.05) is 13.1 Å². The lowest BCUT2D eigenvalue weighted by Crippen LogP contribution is -2.52. The van der Waals surface area contributed by atoms with Crippen LogP contribution >= 0.6 is 0 Å². The number of amides is 1. The van der Waals surface area contributed by atoms with Crippen LogP contribution in [0.4, 0.5) is 10.5 Å². The Labute approximate surface area is 167 Å².